The van der Waals surface area contributed by atoms with Crippen molar-refractivity contribution in [2.24, 2.45) is 23.2 Å². The van der Waals surface area contributed by atoms with Gasteiger partial charge in [0.1, 0.15) is 146 Å². The highest BCUT2D eigenvalue weighted by atomic mass is 16.8. The van der Waals surface area contributed by atoms with Gasteiger partial charge in [-0.15, -0.1) is 0 Å². The van der Waals surface area contributed by atoms with Crippen molar-refractivity contribution in [3.05, 3.63) is 0 Å². The molecule has 0 aromatic heterocycles. The van der Waals surface area contributed by atoms with Crippen molar-refractivity contribution >= 4 is 0 Å². The lowest BCUT2D eigenvalue weighted by atomic mass is 9.91. The molecule has 0 saturated carbocycles. The largest absolute Gasteiger partial charge is 0.394 e. The molecule has 0 bridgehead atoms. The average Bonchev–Trinajstić information content (AvgIpc) is 0.789. The molecule has 6 aliphatic rings. The third-order valence-corrected chi connectivity index (χ3v) is 21.7. The molecule has 0 radical (unpaired) electrons. The number of rotatable bonds is 61. The zero-order valence-corrected chi connectivity index (χ0v) is 68.3. The molecule has 0 aromatic carbocycles. The standard InChI is InChI=1S/C77H144O40/c1-5-9-13-17-21-99-31-44(32-100-22-18-14-10-6-2)35-103-37-46(38-104-36-45(33-101-23-19-15-11-7-3)34-102-24-20-16-12-8-4)39-105-40-77(41-106-71-65(96)59(90)68(50(28-81)112-71)115-74-62(93)56(87)53(84)47(25-78)109-74,42-107-72-66(97)60(91)69(51(29-82)113-72)116-75-63(94)57(88)54(85)48(26-79)110-75)43-108-73-67(98)61(92)70(52(30-83)114-73)117-76-64(95)58(89)55(86)49(27-80)111-76/h44-76,78-98H,5-43H2,1-4H3/t47?,48?,49?,50?,51?,52?,53-,54-,55-,56+,57?,58?,59?,60?,61?,62?,63?,64?,65?,66-,67?,68-,69-,70+,71-,72-,73-,74-,75+,76-,77?/m1/s1. The molecule has 40 heteroatoms. The van der Waals surface area contributed by atoms with Crippen molar-refractivity contribution in [2.75, 3.05) is 152 Å². The maximum absolute atomic E-state index is 12.0. The number of unbranched alkanes of at least 4 members (excludes halogenated alkanes) is 12. The summed E-state index contributed by atoms with van der Waals surface area (Å²) >= 11 is 0. The van der Waals surface area contributed by atoms with Crippen LogP contribution < -0.4 is 0 Å². The van der Waals surface area contributed by atoms with Gasteiger partial charge in [0.15, 0.2) is 37.7 Å². The second-order valence-corrected chi connectivity index (χ2v) is 31.7. The Hall–Kier alpha value is -1.60. The Morgan fingerprint density at radius 3 is 0.692 bits per heavy atom. The minimum absolute atomic E-state index is 0.0226. The van der Waals surface area contributed by atoms with Gasteiger partial charge < -0.3 is 197 Å². The van der Waals surface area contributed by atoms with Gasteiger partial charge in [-0.1, -0.05) is 105 Å². The van der Waals surface area contributed by atoms with E-state index in [9.17, 15) is 107 Å². The molecule has 31 atom stereocenters. The first kappa shape index (κ1) is 104. The summed E-state index contributed by atoms with van der Waals surface area (Å²) in [5.41, 5.74) is -2.07. The lowest BCUT2D eigenvalue weighted by Gasteiger charge is -2.47. The highest BCUT2D eigenvalue weighted by molar-refractivity contribution is 4.99. The SMILES string of the molecule is CCCCCCOCC(COCCCCCC)COCC(COCC(COCCCCCC)COCCCCCC)COCC(CO[C@@H]1OC(CO)[C@@H](O[C@H]2OC(CO)[C@@H](O)[C@H](O)C2O)C(O)C1O)(CO[C@@H]1OC(CO)[C@H](O[C@H]2OC(CO)[C@@H](O)C(O)C2O)C(O)C1O)CO[C@@H]1OC(CO)[C@@H](O[C@@H]2OC(CO)[C@@H](O)C(O)C2O)C(O)[C@H]1O. The van der Waals surface area contributed by atoms with Gasteiger partial charge >= 0.3 is 0 Å². The van der Waals surface area contributed by atoms with Gasteiger partial charge in [0, 0.05) is 44.2 Å². The summed E-state index contributed by atoms with van der Waals surface area (Å²) in [6.45, 7) is 2.89. The Bertz CT molecular complexity index is 2230. The molecule has 0 spiro atoms. The van der Waals surface area contributed by atoms with Crippen LogP contribution in [0.1, 0.15) is 130 Å². The minimum Gasteiger partial charge on any atom is -0.394 e. The van der Waals surface area contributed by atoms with Crippen LogP contribution >= 0.6 is 0 Å². The van der Waals surface area contributed by atoms with Crippen molar-refractivity contribution in [1.29, 1.82) is 0 Å². The van der Waals surface area contributed by atoms with E-state index in [0.717, 1.165) is 103 Å². The second kappa shape index (κ2) is 56.5. The first-order valence-corrected chi connectivity index (χ1v) is 42.0. The fourth-order valence-electron chi connectivity index (χ4n) is 14.3. The number of aliphatic hydroxyl groups excluding tert-OH is 21. The van der Waals surface area contributed by atoms with Gasteiger partial charge in [-0.3, -0.25) is 0 Å². The van der Waals surface area contributed by atoms with Gasteiger partial charge in [0.05, 0.1) is 131 Å². The van der Waals surface area contributed by atoms with Crippen LogP contribution in [0.3, 0.4) is 0 Å². The van der Waals surface area contributed by atoms with E-state index in [-0.39, 0.29) is 44.9 Å². The fourth-order valence-corrected chi connectivity index (χ4v) is 14.3. The summed E-state index contributed by atoms with van der Waals surface area (Å²) in [6.07, 6.45) is -41.6. The van der Waals surface area contributed by atoms with Gasteiger partial charge in [-0.05, 0) is 25.7 Å². The topological polar surface area (TPSA) is 600 Å². The smallest absolute Gasteiger partial charge is 0.187 e. The van der Waals surface area contributed by atoms with E-state index in [1.807, 2.05) is 0 Å². The molecule has 0 aliphatic carbocycles. The van der Waals surface area contributed by atoms with Crippen LogP contribution in [0.15, 0.2) is 0 Å². The van der Waals surface area contributed by atoms with Crippen LogP contribution in [0.4, 0.5) is 0 Å². The van der Waals surface area contributed by atoms with Crippen LogP contribution in [0.2, 0.25) is 0 Å². The highest BCUT2D eigenvalue weighted by Crippen LogP contribution is 2.37. The lowest BCUT2D eigenvalue weighted by molar-refractivity contribution is -0.370. The van der Waals surface area contributed by atoms with Gasteiger partial charge in [0.2, 0.25) is 0 Å². The number of ether oxygens (including phenoxy) is 19. The van der Waals surface area contributed by atoms with E-state index >= 15 is 0 Å². The summed E-state index contributed by atoms with van der Waals surface area (Å²) in [4.78, 5) is 0. The van der Waals surface area contributed by atoms with Crippen molar-refractivity contribution in [1.82, 2.24) is 0 Å². The van der Waals surface area contributed by atoms with Crippen molar-refractivity contribution in [3.63, 3.8) is 0 Å². The maximum atomic E-state index is 12.0. The molecule has 117 heavy (non-hydrogen) atoms. The minimum atomic E-state index is -2.19. The number of hydrogen-bond donors (Lipinski definition) is 21. The normalized spacial score (nSPS) is 36.4. The van der Waals surface area contributed by atoms with E-state index in [1.54, 1.807) is 0 Å². The molecule has 692 valence electrons. The van der Waals surface area contributed by atoms with Crippen LogP contribution in [0.5, 0.6) is 0 Å². The summed E-state index contributed by atoms with van der Waals surface area (Å²) < 4.78 is 116. The van der Waals surface area contributed by atoms with E-state index in [1.165, 1.54) is 0 Å². The zero-order valence-electron chi connectivity index (χ0n) is 68.3. The van der Waals surface area contributed by atoms with Gasteiger partial charge in [0.25, 0.3) is 0 Å². The molecule has 0 amide bonds. The fraction of sp³-hybridized carbons (Fsp3) is 1.00. The van der Waals surface area contributed by atoms with Crippen LogP contribution in [0, 0.1) is 23.2 Å². The predicted molar refractivity (Wildman–Crippen MR) is 402 cm³/mol. The highest BCUT2D eigenvalue weighted by Gasteiger charge is 2.56. The third-order valence-electron chi connectivity index (χ3n) is 21.7. The molecule has 0 aromatic rings. The molecule has 17 unspecified atom stereocenters. The van der Waals surface area contributed by atoms with Crippen molar-refractivity contribution in [3.8, 4) is 0 Å². The Morgan fingerprint density at radius 1 is 0.231 bits per heavy atom. The van der Waals surface area contributed by atoms with E-state index in [4.69, 9.17) is 90.0 Å². The first-order chi connectivity index (χ1) is 56.3. The molecule has 6 fully saturated rings. The van der Waals surface area contributed by atoms with E-state index in [0.29, 0.717) is 52.9 Å². The quantitative estimate of drug-likeness (QED) is 0.0252. The molecule has 6 rings (SSSR count). The van der Waals surface area contributed by atoms with Crippen LogP contribution in [-0.2, 0) is 90.0 Å². The Kier molecular flexibility index (Phi) is 50.3. The van der Waals surface area contributed by atoms with Gasteiger partial charge in [-0.25, -0.2) is 0 Å². The summed E-state index contributed by atoms with van der Waals surface area (Å²) in [6, 6.07) is 0. The van der Waals surface area contributed by atoms with Crippen LogP contribution in [-0.4, -0.2) is 443 Å². The lowest BCUT2D eigenvalue weighted by Crippen LogP contribution is -2.65. The molecule has 6 aliphatic heterocycles. The van der Waals surface area contributed by atoms with Crippen molar-refractivity contribution < 1.29 is 197 Å². The predicted octanol–water partition coefficient (Wildman–Crippen LogP) is -5.82. The summed E-state index contributed by atoms with van der Waals surface area (Å²) in [5.74, 6) is -1.11. The molecule has 6 heterocycles. The number of aliphatic hydroxyl groups is 21. The number of hydrogen-bond acceptors (Lipinski definition) is 40. The van der Waals surface area contributed by atoms with Gasteiger partial charge in [-0.2, -0.15) is 0 Å². The molecule has 6 saturated heterocycles. The molecular formula is C77H144O40. The summed E-state index contributed by atoms with van der Waals surface area (Å²) in [7, 11) is 0. The van der Waals surface area contributed by atoms with Crippen LogP contribution in [0.25, 0.3) is 0 Å². The molecule has 40 nitrogen and oxygen atoms in total. The second-order valence-electron chi connectivity index (χ2n) is 31.7. The Balaban J connectivity index is 1.39. The van der Waals surface area contributed by atoms with E-state index < -0.39 is 262 Å². The molecular weight excluding hydrogens is 1560 g/mol. The third kappa shape index (κ3) is 32.3. The Morgan fingerprint density at radius 2 is 0.453 bits per heavy atom. The van der Waals surface area contributed by atoms with Crippen molar-refractivity contribution in [2.45, 2.75) is 315 Å². The monoisotopic (exact) mass is 1710 g/mol. The maximum Gasteiger partial charge on any atom is 0.187 e. The average molecular weight is 1710 g/mol. The first-order valence-electron chi connectivity index (χ1n) is 42.0. The van der Waals surface area contributed by atoms with E-state index in [2.05, 4.69) is 27.7 Å². The Labute approximate surface area is 684 Å². The molecule has 21 N–H and O–H groups in total. The zero-order chi connectivity index (χ0) is 85.6. The summed E-state index contributed by atoms with van der Waals surface area (Å²) in [5, 5.41) is 230.